The van der Waals surface area contributed by atoms with E-state index in [9.17, 15) is 4.79 Å². The SMILES string of the molecule is O=C(OCC1c2ccccc2-c2ccccc21)N1CCN(C2CCN(Cc3ccccc3)CC2c2ccc(Cl)cc2)CC1. The Kier molecular flexibility index (Phi) is 8.20. The van der Waals surface area contributed by atoms with Gasteiger partial charge in [0.15, 0.2) is 0 Å². The van der Waals surface area contributed by atoms with Crippen LogP contribution < -0.4 is 0 Å². The molecule has 1 aliphatic carbocycles. The van der Waals surface area contributed by atoms with Crippen LogP contribution in [0.2, 0.25) is 5.02 Å². The molecule has 4 aromatic carbocycles. The van der Waals surface area contributed by atoms with Crippen molar-refractivity contribution in [2.75, 3.05) is 45.9 Å². The van der Waals surface area contributed by atoms with Crippen LogP contribution in [0.1, 0.15) is 40.5 Å². The Morgan fingerprint density at radius 2 is 1.37 bits per heavy atom. The molecule has 4 aromatic rings. The third-order valence-electron chi connectivity index (χ3n) is 9.59. The average Bonchev–Trinajstić information content (AvgIpc) is 3.38. The van der Waals surface area contributed by atoms with E-state index in [2.05, 4.69) is 101 Å². The largest absolute Gasteiger partial charge is 0.448 e. The van der Waals surface area contributed by atoms with Gasteiger partial charge in [-0.2, -0.15) is 0 Å². The first-order valence-corrected chi connectivity index (χ1v) is 15.9. The maximum Gasteiger partial charge on any atom is 0.409 e. The fourth-order valence-electron chi connectivity index (χ4n) is 7.39. The quantitative estimate of drug-likeness (QED) is 0.236. The fraction of sp³-hybridized carbons (Fsp3) is 0.324. The van der Waals surface area contributed by atoms with Crippen LogP contribution in [-0.2, 0) is 11.3 Å². The standard InChI is InChI=1S/C37H38ClN3O2/c38-29-16-14-28(15-17-29)34-25-39(24-27-8-2-1-3-9-27)19-18-36(34)40-20-22-41(23-21-40)37(42)43-26-35-32-12-6-4-10-30(32)31-11-5-7-13-33(31)35/h1-17,34-36H,18-26H2. The van der Waals surface area contributed by atoms with Gasteiger partial charge in [0.05, 0.1) is 0 Å². The molecule has 2 aliphatic heterocycles. The fourth-order valence-corrected chi connectivity index (χ4v) is 7.51. The minimum atomic E-state index is -0.201. The highest BCUT2D eigenvalue weighted by Gasteiger charge is 2.37. The second-order valence-corrected chi connectivity index (χ2v) is 12.5. The summed E-state index contributed by atoms with van der Waals surface area (Å²) in [7, 11) is 0. The van der Waals surface area contributed by atoms with Gasteiger partial charge in [0.25, 0.3) is 0 Å². The molecule has 2 saturated heterocycles. The third-order valence-corrected chi connectivity index (χ3v) is 9.84. The Labute approximate surface area is 259 Å². The molecule has 2 atom stereocenters. The lowest BCUT2D eigenvalue weighted by molar-refractivity contribution is 0.0349. The predicted octanol–water partition coefficient (Wildman–Crippen LogP) is 7.26. The minimum Gasteiger partial charge on any atom is -0.448 e. The van der Waals surface area contributed by atoms with Gasteiger partial charge in [-0.1, -0.05) is 103 Å². The molecule has 220 valence electrons. The van der Waals surface area contributed by atoms with Crippen molar-refractivity contribution in [2.45, 2.75) is 30.8 Å². The van der Waals surface area contributed by atoms with Crippen LogP contribution >= 0.6 is 11.6 Å². The molecule has 2 heterocycles. The molecule has 0 aromatic heterocycles. The molecule has 0 bridgehead atoms. The lowest BCUT2D eigenvalue weighted by Gasteiger charge is -2.47. The number of hydrogen-bond acceptors (Lipinski definition) is 4. The zero-order valence-corrected chi connectivity index (χ0v) is 25.2. The van der Waals surface area contributed by atoms with Crippen LogP contribution in [0, 0.1) is 0 Å². The van der Waals surface area contributed by atoms with Crippen molar-refractivity contribution >= 4 is 17.7 Å². The maximum absolute atomic E-state index is 13.3. The van der Waals surface area contributed by atoms with Crippen LogP contribution in [0.4, 0.5) is 4.79 Å². The number of ether oxygens (including phenoxy) is 1. The summed E-state index contributed by atoms with van der Waals surface area (Å²) >= 11 is 6.26. The maximum atomic E-state index is 13.3. The first-order chi connectivity index (χ1) is 21.1. The molecule has 5 nitrogen and oxygen atoms in total. The summed E-state index contributed by atoms with van der Waals surface area (Å²) in [5.74, 6) is 0.467. The number of halogens is 1. The number of benzene rings is 4. The van der Waals surface area contributed by atoms with Gasteiger partial charge in [0, 0.05) is 68.7 Å². The number of nitrogens with zero attached hydrogens (tertiary/aromatic N) is 3. The Hall–Kier alpha value is -3.64. The van der Waals surface area contributed by atoms with Crippen LogP contribution in [0.25, 0.3) is 11.1 Å². The smallest absolute Gasteiger partial charge is 0.409 e. The van der Waals surface area contributed by atoms with Gasteiger partial charge in [0.2, 0.25) is 0 Å². The van der Waals surface area contributed by atoms with Gasteiger partial charge >= 0.3 is 6.09 Å². The first-order valence-electron chi connectivity index (χ1n) is 15.5. The number of amides is 1. The molecule has 3 aliphatic rings. The van der Waals surface area contributed by atoms with Crippen molar-refractivity contribution < 1.29 is 9.53 Å². The van der Waals surface area contributed by atoms with Crippen LogP contribution in [0.15, 0.2) is 103 Å². The normalized spacial score (nSPS) is 20.9. The number of likely N-dealkylation sites (tertiary alicyclic amines) is 1. The molecule has 0 radical (unpaired) electrons. The first kappa shape index (κ1) is 28.1. The van der Waals surface area contributed by atoms with Crippen LogP contribution in [0.5, 0.6) is 0 Å². The van der Waals surface area contributed by atoms with Crippen molar-refractivity contribution in [3.8, 4) is 11.1 Å². The number of piperazine rings is 1. The Balaban J connectivity index is 0.986. The van der Waals surface area contributed by atoms with Crippen LogP contribution in [-0.4, -0.2) is 72.7 Å². The number of rotatable bonds is 6. The Morgan fingerprint density at radius 1 is 0.744 bits per heavy atom. The third kappa shape index (κ3) is 5.95. The number of carbonyl (C=O) groups is 1. The van der Waals surface area contributed by atoms with Crippen molar-refractivity contribution in [1.82, 2.24) is 14.7 Å². The highest BCUT2D eigenvalue weighted by atomic mass is 35.5. The van der Waals surface area contributed by atoms with E-state index in [4.69, 9.17) is 16.3 Å². The van der Waals surface area contributed by atoms with Gasteiger partial charge in [-0.15, -0.1) is 0 Å². The number of carbonyl (C=O) groups excluding carboxylic acids is 1. The van der Waals surface area contributed by atoms with E-state index in [-0.39, 0.29) is 12.0 Å². The van der Waals surface area contributed by atoms with Gasteiger partial charge in [0.1, 0.15) is 6.61 Å². The molecular weight excluding hydrogens is 554 g/mol. The van der Waals surface area contributed by atoms with Crippen molar-refractivity contribution in [3.05, 3.63) is 130 Å². The molecular formula is C37H38ClN3O2. The molecule has 7 rings (SSSR count). The summed E-state index contributed by atoms with van der Waals surface area (Å²) in [6.07, 6.45) is 0.902. The zero-order chi connectivity index (χ0) is 29.2. The van der Waals surface area contributed by atoms with E-state index < -0.39 is 0 Å². The van der Waals surface area contributed by atoms with Gasteiger partial charge < -0.3 is 9.64 Å². The molecule has 0 N–H and O–H groups in total. The topological polar surface area (TPSA) is 36.0 Å². The molecule has 0 spiro atoms. The monoisotopic (exact) mass is 591 g/mol. The molecule has 2 fully saturated rings. The van der Waals surface area contributed by atoms with E-state index in [1.54, 1.807) is 0 Å². The van der Waals surface area contributed by atoms with Crippen molar-refractivity contribution in [3.63, 3.8) is 0 Å². The summed E-state index contributed by atoms with van der Waals surface area (Å²) in [5.41, 5.74) is 7.68. The lowest BCUT2D eigenvalue weighted by atomic mass is 9.84. The summed E-state index contributed by atoms with van der Waals surface area (Å²) in [5, 5.41) is 0.772. The van der Waals surface area contributed by atoms with Crippen LogP contribution in [0.3, 0.4) is 0 Å². The average molecular weight is 592 g/mol. The summed E-state index contributed by atoms with van der Waals surface area (Å²) in [4.78, 5) is 20.3. The second kappa shape index (κ2) is 12.5. The highest BCUT2D eigenvalue weighted by Crippen LogP contribution is 2.44. The Bertz CT molecular complexity index is 1510. The number of hydrogen-bond donors (Lipinski definition) is 0. The zero-order valence-electron chi connectivity index (χ0n) is 24.4. The summed E-state index contributed by atoms with van der Waals surface area (Å²) < 4.78 is 5.98. The molecule has 6 heteroatoms. The molecule has 2 unspecified atom stereocenters. The van der Waals surface area contributed by atoms with E-state index >= 15 is 0 Å². The number of piperidine rings is 1. The Morgan fingerprint density at radius 3 is 2.05 bits per heavy atom. The summed E-state index contributed by atoms with van der Waals surface area (Å²) in [6.45, 7) is 6.50. The van der Waals surface area contributed by atoms with Crippen molar-refractivity contribution in [2.24, 2.45) is 0 Å². The van der Waals surface area contributed by atoms with Crippen molar-refractivity contribution in [1.29, 1.82) is 0 Å². The second-order valence-electron chi connectivity index (χ2n) is 12.1. The minimum absolute atomic E-state index is 0.0823. The van der Waals surface area contributed by atoms with Gasteiger partial charge in [-0.25, -0.2) is 4.79 Å². The number of fused-ring (bicyclic) bond motifs is 3. The van der Waals surface area contributed by atoms with E-state index in [0.717, 1.165) is 44.2 Å². The van der Waals surface area contributed by atoms with E-state index in [0.29, 0.717) is 31.7 Å². The predicted molar refractivity (Wildman–Crippen MR) is 173 cm³/mol. The molecule has 43 heavy (non-hydrogen) atoms. The van der Waals surface area contributed by atoms with Gasteiger partial charge in [-0.3, -0.25) is 9.80 Å². The highest BCUT2D eigenvalue weighted by molar-refractivity contribution is 6.30. The molecule has 1 amide bonds. The molecule has 0 saturated carbocycles. The van der Waals surface area contributed by atoms with E-state index in [1.807, 2.05) is 17.0 Å². The lowest BCUT2D eigenvalue weighted by Crippen LogP contribution is -2.56. The van der Waals surface area contributed by atoms with E-state index in [1.165, 1.54) is 33.4 Å². The summed E-state index contributed by atoms with van der Waals surface area (Å²) in [6, 6.07) is 36.5. The van der Waals surface area contributed by atoms with Gasteiger partial charge in [-0.05, 0) is 51.9 Å².